The average molecular weight is 453 g/mol. The quantitative estimate of drug-likeness (QED) is 0.655. The molecule has 2 aliphatic heterocycles. The van der Waals surface area contributed by atoms with Crippen molar-refractivity contribution < 1.29 is 9.59 Å². The summed E-state index contributed by atoms with van der Waals surface area (Å²) in [4.78, 5) is 31.1. The van der Waals surface area contributed by atoms with Crippen LogP contribution in [0.25, 0.3) is 0 Å². The molecule has 4 rings (SSSR count). The van der Waals surface area contributed by atoms with Gasteiger partial charge in [0.2, 0.25) is 5.91 Å². The fraction of sp³-hybridized carbons (Fsp3) is 0.333. The summed E-state index contributed by atoms with van der Waals surface area (Å²) in [6, 6.07) is 12.0. The lowest BCUT2D eigenvalue weighted by Crippen LogP contribution is -2.52. The van der Waals surface area contributed by atoms with Gasteiger partial charge in [-0.2, -0.15) is 0 Å². The molecule has 5 nitrogen and oxygen atoms in total. The molecule has 8 heteroatoms. The Labute approximate surface area is 184 Å². The van der Waals surface area contributed by atoms with Crippen molar-refractivity contribution in [1.82, 2.24) is 9.80 Å². The first-order valence-corrected chi connectivity index (χ1v) is 10.6. The van der Waals surface area contributed by atoms with Gasteiger partial charge in [0.1, 0.15) is 0 Å². The van der Waals surface area contributed by atoms with Crippen molar-refractivity contribution in [2.24, 2.45) is 0 Å². The van der Waals surface area contributed by atoms with E-state index in [-0.39, 0.29) is 18.2 Å². The molecule has 1 unspecified atom stereocenters. The molecule has 0 spiro atoms. The normalized spacial score (nSPS) is 21.2. The molecule has 152 valence electrons. The van der Waals surface area contributed by atoms with Crippen LogP contribution < -0.4 is 4.90 Å². The molecule has 0 saturated carbocycles. The number of carbonyl (C=O) groups is 2. The van der Waals surface area contributed by atoms with Gasteiger partial charge in [-0.3, -0.25) is 19.4 Å². The van der Waals surface area contributed by atoms with Crippen molar-refractivity contribution in [1.29, 1.82) is 0 Å². The van der Waals surface area contributed by atoms with Gasteiger partial charge < -0.3 is 0 Å². The Hall–Kier alpha value is -1.63. The van der Waals surface area contributed by atoms with Crippen LogP contribution in [0.5, 0.6) is 0 Å². The van der Waals surface area contributed by atoms with Crippen LogP contribution in [0.4, 0.5) is 5.69 Å². The van der Waals surface area contributed by atoms with E-state index in [2.05, 4.69) is 9.80 Å². The third kappa shape index (κ3) is 4.44. The van der Waals surface area contributed by atoms with Gasteiger partial charge in [0.15, 0.2) is 0 Å². The summed E-state index contributed by atoms with van der Waals surface area (Å²) in [5.74, 6) is -0.357. The second-order valence-corrected chi connectivity index (χ2v) is 8.60. The first kappa shape index (κ1) is 20.6. The van der Waals surface area contributed by atoms with Crippen LogP contribution in [0, 0.1) is 0 Å². The highest BCUT2D eigenvalue weighted by atomic mass is 35.5. The average Bonchev–Trinajstić information content (AvgIpc) is 2.99. The minimum atomic E-state index is -0.414. The number of imide groups is 1. The van der Waals surface area contributed by atoms with E-state index in [1.54, 1.807) is 30.3 Å². The highest BCUT2D eigenvalue weighted by molar-refractivity contribution is 6.35. The summed E-state index contributed by atoms with van der Waals surface area (Å²) < 4.78 is 0. The van der Waals surface area contributed by atoms with Gasteiger partial charge in [-0.1, -0.05) is 46.9 Å². The number of benzene rings is 2. The van der Waals surface area contributed by atoms with Gasteiger partial charge in [-0.25, -0.2) is 4.90 Å². The number of carbonyl (C=O) groups excluding carboxylic acids is 2. The Morgan fingerprint density at radius 2 is 1.62 bits per heavy atom. The molecule has 2 amide bonds. The van der Waals surface area contributed by atoms with Gasteiger partial charge in [-0.15, -0.1) is 0 Å². The van der Waals surface area contributed by atoms with Gasteiger partial charge in [0.05, 0.1) is 18.2 Å². The molecular formula is C21H20Cl3N3O2. The number of hydrogen-bond donors (Lipinski definition) is 0. The maximum Gasteiger partial charge on any atom is 0.251 e. The van der Waals surface area contributed by atoms with E-state index < -0.39 is 6.04 Å². The molecule has 1 atom stereocenters. The number of anilines is 1. The molecule has 2 heterocycles. The molecule has 2 saturated heterocycles. The van der Waals surface area contributed by atoms with Gasteiger partial charge in [0.25, 0.3) is 5.91 Å². The van der Waals surface area contributed by atoms with E-state index in [4.69, 9.17) is 34.8 Å². The zero-order valence-corrected chi connectivity index (χ0v) is 17.9. The summed E-state index contributed by atoms with van der Waals surface area (Å²) in [6.07, 6.45) is 0.203. The van der Waals surface area contributed by atoms with E-state index in [1.807, 2.05) is 12.1 Å². The molecular weight excluding hydrogens is 433 g/mol. The van der Waals surface area contributed by atoms with Crippen LogP contribution in [-0.2, 0) is 16.1 Å². The largest absolute Gasteiger partial charge is 0.296 e. The van der Waals surface area contributed by atoms with E-state index in [1.165, 1.54) is 4.90 Å². The molecule has 0 aliphatic carbocycles. The van der Waals surface area contributed by atoms with Crippen LogP contribution in [0.1, 0.15) is 12.0 Å². The van der Waals surface area contributed by atoms with Gasteiger partial charge >= 0.3 is 0 Å². The summed E-state index contributed by atoms with van der Waals surface area (Å²) in [7, 11) is 0. The number of nitrogens with zero attached hydrogens (tertiary/aromatic N) is 3. The van der Waals surface area contributed by atoms with Crippen molar-refractivity contribution in [2.45, 2.75) is 19.0 Å². The molecule has 2 aliphatic rings. The van der Waals surface area contributed by atoms with E-state index in [0.717, 1.165) is 38.3 Å². The molecule has 2 fully saturated rings. The number of rotatable bonds is 4. The minimum Gasteiger partial charge on any atom is -0.296 e. The van der Waals surface area contributed by atoms with Gasteiger partial charge in [-0.05, 0) is 35.9 Å². The van der Waals surface area contributed by atoms with Crippen LogP contribution in [-0.4, -0.2) is 53.8 Å². The van der Waals surface area contributed by atoms with E-state index in [0.29, 0.717) is 20.8 Å². The summed E-state index contributed by atoms with van der Waals surface area (Å²) in [6.45, 7) is 3.77. The molecule has 2 aromatic rings. The Bertz CT molecular complexity index is 945. The zero-order valence-electron chi connectivity index (χ0n) is 15.7. The Balaban J connectivity index is 1.38. The second kappa shape index (κ2) is 8.62. The second-order valence-electron chi connectivity index (χ2n) is 7.32. The number of piperazine rings is 1. The van der Waals surface area contributed by atoms with Crippen LogP contribution >= 0.6 is 34.8 Å². The molecule has 2 aromatic carbocycles. The lowest BCUT2D eigenvalue weighted by atomic mass is 10.1. The molecule has 29 heavy (non-hydrogen) atoms. The monoisotopic (exact) mass is 451 g/mol. The number of hydrogen-bond acceptors (Lipinski definition) is 4. The first-order valence-electron chi connectivity index (χ1n) is 9.45. The molecule has 0 aromatic heterocycles. The Kier molecular flexibility index (Phi) is 6.13. The van der Waals surface area contributed by atoms with Crippen molar-refractivity contribution >= 4 is 52.3 Å². The standard InChI is InChI=1S/C21H20Cl3N3O2/c22-15-2-1-3-17(10-15)27-20(28)12-19(21(27)29)26-8-6-25(7-9-26)13-14-4-5-16(23)11-18(14)24/h1-5,10-11,19H,6-9,12-13H2. The first-order chi connectivity index (χ1) is 13.9. The van der Waals surface area contributed by atoms with Gasteiger partial charge in [0, 0.05) is 47.8 Å². The van der Waals surface area contributed by atoms with Crippen LogP contribution in [0.2, 0.25) is 15.1 Å². The SMILES string of the molecule is O=C1CC(N2CCN(Cc3ccc(Cl)cc3Cl)CC2)C(=O)N1c1cccc(Cl)c1. The Morgan fingerprint density at radius 1 is 0.897 bits per heavy atom. The fourth-order valence-electron chi connectivity index (χ4n) is 3.91. The lowest BCUT2D eigenvalue weighted by molar-refractivity contribution is -0.123. The predicted octanol–water partition coefficient (Wildman–Crippen LogP) is 4.10. The van der Waals surface area contributed by atoms with E-state index in [9.17, 15) is 9.59 Å². The summed E-state index contributed by atoms with van der Waals surface area (Å²) >= 11 is 18.3. The summed E-state index contributed by atoms with van der Waals surface area (Å²) in [5, 5.41) is 1.78. The smallest absolute Gasteiger partial charge is 0.251 e. The Morgan fingerprint density at radius 3 is 2.31 bits per heavy atom. The number of amides is 2. The highest BCUT2D eigenvalue weighted by Crippen LogP contribution is 2.28. The summed E-state index contributed by atoms with van der Waals surface area (Å²) in [5.41, 5.74) is 1.56. The maximum absolute atomic E-state index is 13.0. The topological polar surface area (TPSA) is 43.9 Å². The predicted molar refractivity (Wildman–Crippen MR) is 116 cm³/mol. The van der Waals surface area contributed by atoms with Crippen LogP contribution in [0.3, 0.4) is 0 Å². The fourth-order valence-corrected chi connectivity index (χ4v) is 4.56. The lowest BCUT2D eigenvalue weighted by Gasteiger charge is -2.37. The number of halogens is 3. The van der Waals surface area contributed by atoms with Crippen molar-refractivity contribution in [3.8, 4) is 0 Å². The van der Waals surface area contributed by atoms with Crippen molar-refractivity contribution in [3.05, 3.63) is 63.1 Å². The molecule has 0 radical (unpaired) electrons. The zero-order chi connectivity index (χ0) is 20.5. The van der Waals surface area contributed by atoms with Crippen molar-refractivity contribution in [2.75, 3.05) is 31.1 Å². The van der Waals surface area contributed by atoms with E-state index >= 15 is 0 Å². The molecule has 0 bridgehead atoms. The highest BCUT2D eigenvalue weighted by Gasteiger charge is 2.43. The third-order valence-corrected chi connectivity index (χ3v) is 6.27. The third-order valence-electron chi connectivity index (χ3n) is 5.45. The van der Waals surface area contributed by atoms with Crippen molar-refractivity contribution in [3.63, 3.8) is 0 Å². The molecule has 0 N–H and O–H groups in total. The van der Waals surface area contributed by atoms with Crippen LogP contribution in [0.15, 0.2) is 42.5 Å². The minimum absolute atomic E-state index is 0.175. The maximum atomic E-state index is 13.0.